The molecule has 1 saturated heterocycles. The van der Waals surface area contributed by atoms with Crippen molar-refractivity contribution in [2.75, 3.05) is 13.1 Å². The number of nitrogens with zero attached hydrogens (tertiary/aromatic N) is 4. The van der Waals surface area contributed by atoms with Gasteiger partial charge in [-0.1, -0.05) is 11.6 Å². The quantitative estimate of drug-likeness (QED) is 0.413. The Labute approximate surface area is 188 Å². The number of amides is 1. The van der Waals surface area contributed by atoms with E-state index in [-0.39, 0.29) is 37.1 Å². The molecule has 0 N–H and O–H groups in total. The highest BCUT2D eigenvalue weighted by Gasteiger charge is 2.35. The number of carbonyl (C=O) groups is 1. The summed E-state index contributed by atoms with van der Waals surface area (Å²) >= 11 is 5.98. The third-order valence-corrected chi connectivity index (χ3v) is 5.95. The Bertz CT molecular complexity index is 1370. The van der Waals surface area contributed by atoms with Crippen LogP contribution in [0.4, 0.5) is 17.6 Å². The highest BCUT2D eigenvalue weighted by molar-refractivity contribution is 6.31. The predicted molar refractivity (Wildman–Crippen MR) is 112 cm³/mol. The first kappa shape index (κ1) is 23.0. The van der Waals surface area contributed by atoms with Crippen molar-refractivity contribution >= 4 is 28.7 Å². The fraction of sp³-hybridized carbons (Fsp3) is 0.333. The molecule has 0 spiro atoms. The Morgan fingerprint density at radius 3 is 2.42 bits per heavy atom. The second-order valence-electron chi connectivity index (χ2n) is 7.75. The van der Waals surface area contributed by atoms with Crippen LogP contribution in [0.15, 0.2) is 40.1 Å². The van der Waals surface area contributed by atoms with Crippen LogP contribution >= 0.6 is 11.6 Å². The SMILES string of the molecule is Cn1c(=O)c(=O)n(C2CCN(C(=O)c3ccc(F)c(C(F)(F)F)c3)CC2)c2ncc(Cl)cc21. The van der Waals surface area contributed by atoms with Gasteiger partial charge in [-0.25, -0.2) is 9.37 Å². The van der Waals surface area contributed by atoms with E-state index in [0.717, 1.165) is 6.07 Å². The first-order valence-corrected chi connectivity index (χ1v) is 10.3. The Balaban J connectivity index is 1.61. The molecule has 174 valence electrons. The summed E-state index contributed by atoms with van der Waals surface area (Å²) in [7, 11) is 1.44. The van der Waals surface area contributed by atoms with Crippen molar-refractivity contribution < 1.29 is 22.4 Å². The molecule has 1 aromatic carbocycles. The van der Waals surface area contributed by atoms with Crippen LogP contribution in [0.2, 0.25) is 5.02 Å². The van der Waals surface area contributed by atoms with E-state index < -0.39 is 40.6 Å². The molecule has 33 heavy (non-hydrogen) atoms. The zero-order valence-electron chi connectivity index (χ0n) is 17.2. The Morgan fingerprint density at radius 1 is 1.12 bits per heavy atom. The van der Waals surface area contributed by atoms with Crippen molar-refractivity contribution in [1.29, 1.82) is 0 Å². The van der Waals surface area contributed by atoms with Crippen LogP contribution in [0.3, 0.4) is 0 Å². The van der Waals surface area contributed by atoms with E-state index in [1.807, 2.05) is 0 Å². The van der Waals surface area contributed by atoms with Gasteiger partial charge in [0.25, 0.3) is 5.91 Å². The molecule has 0 radical (unpaired) electrons. The summed E-state index contributed by atoms with van der Waals surface area (Å²) in [6.45, 7) is 0.248. The number of rotatable bonds is 2. The van der Waals surface area contributed by atoms with Gasteiger partial charge >= 0.3 is 17.3 Å². The van der Waals surface area contributed by atoms with Gasteiger partial charge < -0.3 is 9.47 Å². The lowest BCUT2D eigenvalue weighted by atomic mass is 10.0. The van der Waals surface area contributed by atoms with Crippen LogP contribution in [0.25, 0.3) is 11.2 Å². The molecular formula is C21H17ClF4N4O3. The van der Waals surface area contributed by atoms with Crippen LogP contribution in [0, 0.1) is 5.82 Å². The largest absolute Gasteiger partial charge is 0.419 e. The number of benzene rings is 1. The lowest BCUT2D eigenvalue weighted by molar-refractivity contribution is -0.140. The minimum atomic E-state index is -4.93. The minimum Gasteiger partial charge on any atom is -0.338 e. The average Bonchev–Trinajstić information content (AvgIpc) is 2.77. The average molecular weight is 485 g/mol. The third kappa shape index (κ3) is 4.12. The maximum absolute atomic E-state index is 13.5. The lowest BCUT2D eigenvalue weighted by Gasteiger charge is -2.33. The molecule has 3 heterocycles. The predicted octanol–water partition coefficient (Wildman–Crippen LogP) is 3.38. The molecule has 12 heteroatoms. The van der Waals surface area contributed by atoms with E-state index >= 15 is 0 Å². The van der Waals surface area contributed by atoms with Crippen molar-refractivity contribution in [3.63, 3.8) is 0 Å². The maximum atomic E-state index is 13.5. The molecule has 0 aliphatic carbocycles. The number of aryl methyl sites for hydroxylation is 1. The van der Waals surface area contributed by atoms with Crippen molar-refractivity contribution in [3.05, 3.63) is 73.1 Å². The number of alkyl halides is 3. The van der Waals surface area contributed by atoms with Crippen molar-refractivity contribution in [2.45, 2.75) is 25.1 Å². The van der Waals surface area contributed by atoms with Gasteiger partial charge in [-0.3, -0.25) is 19.0 Å². The topological polar surface area (TPSA) is 77.2 Å². The zero-order valence-corrected chi connectivity index (χ0v) is 18.0. The van der Waals surface area contributed by atoms with Crippen LogP contribution < -0.4 is 11.1 Å². The highest BCUT2D eigenvalue weighted by Crippen LogP contribution is 2.32. The normalized spacial score (nSPS) is 15.3. The summed E-state index contributed by atoms with van der Waals surface area (Å²) in [5.41, 5.74) is -2.67. The van der Waals surface area contributed by atoms with E-state index in [9.17, 15) is 31.9 Å². The summed E-state index contributed by atoms with van der Waals surface area (Å²) in [5, 5.41) is 0.292. The van der Waals surface area contributed by atoms with Gasteiger partial charge in [0.1, 0.15) is 5.82 Å². The van der Waals surface area contributed by atoms with Gasteiger partial charge in [-0.2, -0.15) is 13.2 Å². The molecule has 1 fully saturated rings. The summed E-state index contributed by atoms with van der Waals surface area (Å²) in [4.78, 5) is 43.4. The fourth-order valence-electron chi connectivity index (χ4n) is 4.03. The number of pyridine rings is 1. The smallest absolute Gasteiger partial charge is 0.338 e. The third-order valence-electron chi connectivity index (χ3n) is 5.75. The number of halogens is 5. The van der Waals surface area contributed by atoms with E-state index in [0.29, 0.717) is 22.7 Å². The summed E-state index contributed by atoms with van der Waals surface area (Å²) in [6, 6.07) is 3.19. The van der Waals surface area contributed by atoms with Gasteiger partial charge in [-0.05, 0) is 37.1 Å². The maximum Gasteiger partial charge on any atom is 0.419 e. The van der Waals surface area contributed by atoms with E-state index in [1.54, 1.807) is 0 Å². The number of aromatic nitrogens is 3. The second-order valence-corrected chi connectivity index (χ2v) is 8.19. The molecule has 0 saturated carbocycles. The Kier molecular flexibility index (Phi) is 5.77. The van der Waals surface area contributed by atoms with Crippen LogP contribution in [0.1, 0.15) is 34.8 Å². The standard InChI is InChI=1S/C21H17ClF4N4O3/c1-28-16-9-12(22)10-27-17(16)30(20(33)19(28)32)13-4-6-29(7-5-13)18(31)11-2-3-15(23)14(8-11)21(24,25)26/h2-3,8-10,13H,4-7H2,1H3. The number of hydrogen-bond acceptors (Lipinski definition) is 4. The summed E-state index contributed by atoms with van der Waals surface area (Å²) < 4.78 is 55.0. The van der Waals surface area contributed by atoms with Gasteiger partial charge in [0, 0.05) is 37.9 Å². The van der Waals surface area contributed by atoms with E-state index in [1.165, 1.54) is 33.3 Å². The minimum absolute atomic E-state index is 0.124. The van der Waals surface area contributed by atoms with Crippen molar-refractivity contribution in [1.82, 2.24) is 19.0 Å². The van der Waals surface area contributed by atoms with E-state index in [2.05, 4.69) is 4.98 Å². The molecule has 7 nitrogen and oxygen atoms in total. The molecule has 1 aliphatic heterocycles. The monoisotopic (exact) mass is 484 g/mol. The summed E-state index contributed by atoms with van der Waals surface area (Å²) in [6.07, 6.45) is -3.03. The number of piperidine rings is 1. The van der Waals surface area contributed by atoms with Gasteiger partial charge in [0.05, 0.1) is 16.1 Å². The zero-order chi connectivity index (χ0) is 24.1. The van der Waals surface area contributed by atoms with Crippen molar-refractivity contribution in [3.8, 4) is 0 Å². The van der Waals surface area contributed by atoms with Crippen LogP contribution in [-0.2, 0) is 13.2 Å². The second kappa shape index (κ2) is 8.29. The van der Waals surface area contributed by atoms with Gasteiger partial charge in [0.2, 0.25) is 0 Å². The molecule has 0 bridgehead atoms. The fourth-order valence-corrected chi connectivity index (χ4v) is 4.18. The molecular weight excluding hydrogens is 468 g/mol. The van der Waals surface area contributed by atoms with Gasteiger partial charge in [0.15, 0.2) is 5.65 Å². The Hall–Kier alpha value is -3.21. The number of fused-ring (bicyclic) bond motifs is 1. The molecule has 1 amide bonds. The molecule has 0 atom stereocenters. The van der Waals surface area contributed by atoms with Crippen molar-refractivity contribution in [2.24, 2.45) is 7.05 Å². The molecule has 4 rings (SSSR count). The molecule has 2 aromatic heterocycles. The lowest BCUT2D eigenvalue weighted by Crippen LogP contribution is -2.46. The summed E-state index contributed by atoms with van der Waals surface area (Å²) in [5.74, 6) is -2.13. The highest BCUT2D eigenvalue weighted by atomic mass is 35.5. The van der Waals surface area contributed by atoms with E-state index in [4.69, 9.17) is 11.6 Å². The number of hydrogen-bond donors (Lipinski definition) is 0. The van der Waals surface area contributed by atoms with Crippen LogP contribution in [-0.4, -0.2) is 38.0 Å². The Morgan fingerprint density at radius 2 is 1.79 bits per heavy atom. The molecule has 1 aliphatic rings. The molecule has 0 unspecified atom stereocenters. The number of carbonyl (C=O) groups excluding carboxylic acids is 1. The number of likely N-dealkylation sites (tertiary alicyclic amines) is 1. The van der Waals surface area contributed by atoms with Gasteiger partial charge in [-0.15, -0.1) is 0 Å². The molecule has 3 aromatic rings. The first-order chi connectivity index (χ1) is 15.5. The van der Waals surface area contributed by atoms with Crippen LogP contribution in [0.5, 0.6) is 0 Å². The first-order valence-electron chi connectivity index (χ1n) is 9.92.